The average Bonchev–Trinajstić information content (AvgIpc) is 2.18. The molecule has 82 valence electrons. The molecule has 0 unspecified atom stereocenters. The highest BCUT2D eigenvalue weighted by molar-refractivity contribution is 5.90. The molecule has 1 aromatic carbocycles. The first-order valence-electron chi connectivity index (χ1n) is 5.53. The zero-order valence-electron chi connectivity index (χ0n) is 9.49. The van der Waals surface area contributed by atoms with E-state index in [0.717, 1.165) is 18.5 Å². The number of amides is 1. The molecule has 2 heteroatoms. The lowest BCUT2D eigenvalue weighted by molar-refractivity contribution is -0.116. The topological polar surface area (TPSA) is 29.1 Å². The Balaban J connectivity index is 2.25. The summed E-state index contributed by atoms with van der Waals surface area (Å²) in [6.07, 6.45) is 2.70. The average molecular weight is 205 g/mol. The van der Waals surface area contributed by atoms with Crippen molar-refractivity contribution in [1.29, 1.82) is 0 Å². The minimum Gasteiger partial charge on any atom is -0.326 e. The van der Waals surface area contributed by atoms with Gasteiger partial charge in [0.05, 0.1) is 0 Å². The van der Waals surface area contributed by atoms with E-state index in [0.29, 0.717) is 12.3 Å². The highest BCUT2D eigenvalue weighted by atomic mass is 16.1. The number of anilines is 1. The molecule has 0 aromatic heterocycles. The number of carbonyl (C=O) groups excluding carboxylic acids is 1. The monoisotopic (exact) mass is 205 g/mol. The summed E-state index contributed by atoms with van der Waals surface area (Å²) in [5.41, 5.74) is 0.882. The fourth-order valence-electron chi connectivity index (χ4n) is 1.42. The van der Waals surface area contributed by atoms with E-state index in [4.69, 9.17) is 0 Å². The van der Waals surface area contributed by atoms with Crippen LogP contribution in [0.2, 0.25) is 0 Å². The van der Waals surface area contributed by atoms with Crippen molar-refractivity contribution >= 4 is 11.6 Å². The molecular formula is C13H19NO. The fourth-order valence-corrected chi connectivity index (χ4v) is 1.42. The molecule has 0 bridgehead atoms. The van der Waals surface area contributed by atoms with Gasteiger partial charge < -0.3 is 5.32 Å². The Bertz CT molecular complexity index is 293. The quantitative estimate of drug-likeness (QED) is 0.783. The van der Waals surface area contributed by atoms with E-state index in [1.807, 2.05) is 30.3 Å². The third-order valence-electron chi connectivity index (χ3n) is 2.24. The summed E-state index contributed by atoms with van der Waals surface area (Å²) in [5, 5.41) is 2.88. The van der Waals surface area contributed by atoms with Crippen molar-refractivity contribution in [2.45, 2.75) is 33.1 Å². The number of para-hydroxylation sites is 1. The van der Waals surface area contributed by atoms with Crippen LogP contribution in [0.1, 0.15) is 33.1 Å². The van der Waals surface area contributed by atoms with Crippen LogP contribution >= 0.6 is 0 Å². The van der Waals surface area contributed by atoms with Crippen molar-refractivity contribution in [3.8, 4) is 0 Å². The van der Waals surface area contributed by atoms with Crippen molar-refractivity contribution in [2.24, 2.45) is 5.92 Å². The second kappa shape index (κ2) is 6.23. The Kier molecular flexibility index (Phi) is 4.88. The number of hydrogen-bond donors (Lipinski definition) is 1. The molecule has 0 heterocycles. The van der Waals surface area contributed by atoms with Crippen molar-refractivity contribution in [3.05, 3.63) is 30.3 Å². The van der Waals surface area contributed by atoms with Gasteiger partial charge in [-0.1, -0.05) is 38.5 Å². The van der Waals surface area contributed by atoms with Crippen LogP contribution in [0.4, 0.5) is 5.69 Å². The molecule has 15 heavy (non-hydrogen) atoms. The molecule has 0 spiro atoms. The zero-order valence-corrected chi connectivity index (χ0v) is 9.49. The minimum absolute atomic E-state index is 0.113. The van der Waals surface area contributed by atoms with Crippen LogP contribution < -0.4 is 5.32 Å². The first kappa shape index (κ1) is 11.8. The lowest BCUT2D eigenvalue weighted by Crippen LogP contribution is -2.11. The van der Waals surface area contributed by atoms with Gasteiger partial charge in [0.1, 0.15) is 0 Å². The van der Waals surface area contributed by atoms with Gasteiger partial charge in [-0.15, -0.1) is 0 Å². The second-order valence-electron chi connectivity index (χ2n) is 4.20. The Morgan fingerprint density at radius 3 is 2.53 bits per heavy atom. The molecule has 0 saturated carbocycles. The maximum absolute atomic E-state index is 11.5. The summed E-state index contributed by atoms with van der Waals surface area (Å²) in [5.74, 6) is 0.788. The molecule has 0 radical (unpaired) electrons. The predicted molar refractivity (Wildman–Crippen MR) is 63.8 cm³/mol. The number of nitrogens with one attached hydrogen (secondary N) is 1. The highest BCUT2D eigenvalue weighted by Gasteiger charge is 2.02. The van der Waals surface area contributed by atoms with Crippen LogP contribution in [-0.2, 0) is 4.79 Å². The van der Waals surface area contributed by atoms with Gasteiger partial charge in [-0.25, -0.2) is 0 Å². The van der Waals surface area contributed by atoms with Gasteiger partial charge in [-0.2, -0.15) is 0 Å². The summed E-state index contributed by atoms with van der Waals surface area (Å²) in [6.45, 7) is 4.35. The Morgan fingerprint density at radius 1 is 1.27 bits per heavy atom. The molecule has 1 aromatic rings. The highest BCUT2D eigenvalue weighted by Crippen LogP contribution is 2.09. The molecular weight excluding hydrogens is 186 g/mol. The van der Waals surface area contributed by atoms with Gasteiger partial charge in [0.25, 0.3) is 0 Å². The van der Waals surface area contributed by atoms with Crippen molar-refractivity contribution in [3.63, 3.8) is 0 Å². The third-order valence-corrected chi connectivity index (χ3v) is 2.24. The molecule has 0 atom stereocenters. The van der Waals surface area contributed by atoms with Gasteiger partial charge >= 0.3 is 0 Å². The van der Waals surface area contributed by atoms with Crippen LogP contribution in [0.25, 0.3) is 0 Å². The fraction of sp³-hybridized carbons (Fsp3) is 0.462. The molecule has 0 aliphatic rings. The molecule has 0 saturated heterocycles. The van der Waals surface area contributed by atoms with Gasteiger partial charge in [-0.05, 0) is 24.5 Å². The normalized spacial score (nSPS) is 10.3. The van der Waals surface area contributed by atoms with E-state index in [9.17, 15) is 4.79 Å². The van der Waals surface area contributed by atoms with Crippen LogP contribution in [0.5, 0.6) is 0 Å². The molecule has 2 nitrogen and oxygen atoms in total. The number of hydrogen-bond acceptors (Lipinski definition) is 1. The van der Waals surface area contributed by atoms with Crippen molar-refractivity contribution in [2.75, 3.05) is 5.32 Å². The van der Waals surface area contributed by atoms with Crippen molar-refractivity contribution in [1.82, 2.24) is 0 Å². The third kappa shape index (κ3) is 5.21. The van der Waals surface area contributed by atoms with E-state index >= 15 is 0 Å². The maximum Gasteiger partial charge on any atom is 0.224 e. The van der Waals surface area contributed by atoms with Crippen LogP contribution in [0.3, 0.4) is 0 Å². The van der Waals surface area contributed by atoms with Gasteiger partial charge in [0.15, 0.2) is 0 Å². The van der Waals surface area contributed by atoms with E-state index in [-0.39, 0.29) is 5.91 Å². The van der Waals surface area contributed by atoms with Gasteiger partial charge in [0, 0.05) is 12.1 Å². The lowest BCUT2D eigenvalue weighted by Gasteiger charge is -2.06. The van der Waals surface area contributed by atoms with E-state index in [2.05, 4.69) is 19.2 Å². The standard InChI is InChI=1S/C13H19NO/c1-11(2)7-6-10-13(15)14-12-8-4-3-5-9-12/h3-5,8-9,11H,6-7,10H2,1-2H3,(H,14,15). The van der Waals surface area contributed by atoms with E-state index in [1.165, 1.54) is 0 Å². The second-order valence-corrected chi connectivity index (χ2v) is 4.20. The maximum atomic E-state index is 11.5. The van der Waals surface area contributed by atoms with Crippen LogP contribution in [0, 0.1) is 5.92 Å². The van der Waals surface area contributed by atoms with Crippen LogP contribution in [-0.4, -0.2) is 5.91 Å². The number of benzene rings is 1. The Hall–Kier alpha value is -1.31. The van der Waals surface area contributed by atoms with E-state index in [1.54, 1.807) is 0 Å². The molecule has 1 N–H and O–H groups in total. The van der Waals surface area contributed by atoms with Crippen molar-refractivity contribution < 1.29 is 4.79 Å². The summed E-state index contributed by atoms with van der Waals surface area (Å²) in [6, 6.07) is 9.59. The lowest BCUT2D eigenvalue weighted by atomic mass is 10.1. The summed E-state index contributed by atoms with van der Waals surface area (Å²) in [7, 11) is 0. The number of carbonyl (C=O) groups is 1. The molecule has 0 fully saturated rings. The summed E-state index contributed by atoms with van der Waals surface area (Å²) < 4.78 is 0. The van der Waals surface area contributed by atoms with E-state index < -0.39 is 0 Å². The molecule has 1 rings (SSSR count). The zero-order chi connectivity index (χ0) is 11.1. The molecule has 1 amide bonds. The summed E-state index contributed by atoms with van der Waals surface area (Å²) >= 11 is 0. The molecule has 0 aliphatic heterocycles. The predicted octanol–water partition coefficient (Wildman–Crippen LogP) is 3.45. The first-order chi connectivity index (χ1) is 7.18. The largest absolute Gasteiger partial charge is 0.326 e. The summed E-state index contributed by atoms with van der Waals surface area (Å²) in [4.78, 5) is 11.5. The SMILES string of the molecule is CC(C)CCCC(=O)Nc1ccccc1. The number of rotatable bonds is 5. The smallest absolute Gasteiger partial charge is 0.224 e. The minimum atomic E-state index is 0.113. The molecule has 0 aliphatic carbocycles. The van der Waals surface area contributed by atoms with Crippen LogP contribution in [0.15, 0.2) is 30.3 Å². The van der Waals surface area contributed by atoms with Gasteiger partial charge in [0.2, 0.25) is 5.91 Å². The first-order valence-corrected chi connectivity index (χ1v) is 5.53. The van der Waals surface area contributed by atoms with Gasteiger partial charge in [-0.3, -0.25) is 4.79 Å². The Labute approximate surface area is 91.7 Å². The Morgan fingerprint density at radius 2 is 1.93 bits per heavy atom.